The monoisotopic (exact) mass is 531 g/mol. The maximum Gasteiger partial charge on any atom is 0.255 e. The predicted octanol–water partition coefficient (Wildman–Crippen LogP) is 4.32. The lowest BCUT2D eigenvalue weighted by Crippen LogP contribution is -2.63. The lowest BCUT2D eigenvalue weighted by Gasteiger charge is -2.53. The van der Waals surface area contributed by atoms with Gasteiger partial charge in [-0.05, 0) is 62.8 Å². The number of benzene rings is 1. The van der Waals surface area contributed by atoms with Crippen LogP contribution in [0.2, 0.25) is 0 Å². The van der Waals surface area contributed by atoms with Gasteiger partial charge in [0.05, 0.1) is 17.7 Å². The van der Waals surface area contributed by atoms with E-state index in [0.717, 1.165) is 50.5 Å². The van der Waals surface area contributed by atoms with Crippen LogP contribution >= 0.6 is 0 Å². The lowest BCUT2D eigenvalue weighted by atomic mass is 9.65. The van der Waals surface area contributed by atoms with Crippen molar-refractivity contribution >= 4 is 11.8 Å². The van der Waals surface area contributed by atoms with Crippen LogP contribution in [0.5, 0.6) is 0 Å². The number of nitrogens with zero attached hydrogens (tertiary/aromatic N) is 3. The molecule has 208 valence electrons. The first-order valence-corrected chi connectivity index (χ1v) is 14.7. The molecule has 2 heterocycles. The molecule has 2 aromatic rings. The number of aliphatic hydroxyl groups is 1. The van der Waals surface area contributed by atoms with Gasteiger partial charge >= 0.3 is 0 Å². The van der Waals surface area contributed by atoms with Crippen LogP contribution in [0.1, 0.15) is 74.6 Å². The highest BCUT2D eigenvalue weighted by molar-refractivity contribution is 6.00. The quantitative estimate of drug-likeness (QED) is 0.623. The van der Waals surface area contributed by atoms with Gasteiger partial charge in [-0.15, -0.1) is 0 Å². The Morgan fingerprint density at radius 1 is 1.03 bits per heavy atom. The van der Waals surface area contributed by atoms with Gasteiger partial charge in [0.15, 0.2) is 0 Å². The average Bonchev–Trinajstić information content (AvgIpc) is 3.69. The van der Waals surface area contributed by atoms with E-state index < -0.39 is 11.0 Å². The van der Waals surface area contributed by atoms with Gasteiger partial charge in [0.1, 0.15) is 0 Å². The maximum atomic E-state index is 13.8. The molecular weight excluding hydrogens is 490 g/mol. The van der Waals surface area contributed by atoms with Crippen LogP contribution in [-0.2, 0) is 11.3 Å². The van der Waals surface area contributed by atoms with E-state index in [2.05, 4.69) is 4.90 Å². The Balaban J connectivity index is 1.32. The van der Waals surface area contributed by atoms with Crippen LogP contribution in [0.25, 0.3) is 11.1 Å². The van der Waals surface area contributed by atoms with Gasteiger partial charge in [-0.3, -0.25) is 14.4 Å². The molecule has 1 unspecified atom stereocenters. The van der Waals surface area contributed by atoms with E-state index in [4.69, 9.17) is 0 Å². The third kappa shape index (κ3) is 4.33. The van der Waals surface area contributed by atoms with Gasteiger partial charge in [0, 0.05) is 55.8 Å². The third-order valence-corrected chi connectivity index (χ3v) is 10.6. The molecule has 1 spiro atoms. The molecule has 1 aliphatic heterocycles. The zero-order valence-corrected chi connectivity index (χ0v) is 23.3. The zero-order chi connectivity index (χ0) is 27.4. The number of carbonyl (C=O) groups is 2. The number of pyridine rings is 1. The Morgan fingerprint density at radius 2 is 1.72 bits per heavy atom. The Morgan fingerprint density at radius 3 is 2.33 bits per heavy atom. The number of rotatable bonds is 5. The van der Waals surface area contributed by atoms with Crippen molar-refractivity contribution in [3.8, 4) is 11.1 Å². The number of piperidine rings is 1. The van der Waals surface area contributed by atoms with Gasteiger partial charge in [-0.25, -0.2) is 0 Å². The van der Waals surface area contributed by atoms with Gasteiger partial charge < -0.3 is 19.5 Å². The second-order valence-corrected chi connectivity index (χ2v) is 13.1. The Bertz CT molecular complexity index is 1320. The van der Waals surface area contributed by atoms with Crippen molar-refractivity contribution in [2.24, 2.45) is 16.7 Å². The number of carbonyl (C=O) groups excluding carboxylic acids is 2. The summed E-state index contributed by atoms with van der Waals surface area (Å²) in [5, 5.41) is 12.3. The molecule has 0 radical (unpaired) electrons. The molecule has 1 aromatic heterocycles. The van der Waals surface area contributed by atoms with Gasteiger partial charge in [0.2, 0.25) is 5.91 Å². The topological polar surface area (TPSA) is 82.8 Å². The number of hydrogen-bond acceptors (Lipinski definition) is 4. The molecule has 7 heteroatoms. The summed E-state index contributed by atoms with van der Waals surface area (Å²) in [5.74, 6) is 0.830. The molecule has 39 heavy (non-hydrogen) atoms. The summed E-state index contributed by atoms with van der Waals surface area (Å²) in [4.78, 5) is 44.1. The van der Waals surface area contributed by atoms with Crippen LogP contribution in [0, 0.1) is 16.7 Å². The summed E-state index contributed by atoms with van der Waals surface area (Å²) < 4.78 is 1.54. The second-order valence-electron chi connectivity index (χ2n) is 13.1. The molecule has 7 nitrogen and oxygen atoms in total. The first kappa shape index (κ1) is 26.3. The lowest BCUT2D eigenvalue weighted by molar-refractivity contribution is -0.167. The van der Waals surface area contributed by atoms with E-state index >= 15 is 0 Å². The fraction of sp³-hybridized carbons (Fsp3) is 0.594. The summed E-state index contributed by atoms with van der Waals surface area (Å²) in [5.41, 5.74) is -0.107. The second kappa shape index (κ2) is 9.61. The molecular formula is C32H41N3O4. The number of likely N-dealkylation sites (tertiary alicyclic amines) is 1. The van der Waals surface area contributed by atoms with E-state index in [1.165, 1.54) is 28.4 Å². The van der Waals surface area contributed by atoms with Crippen molar-refractivity contribution < 1.29 is 14.7 Å². The largest absolute Gasteiger partial charge is 0.387 e. The highest BCUT2D eigenvalue weighted by Crippen LogP contribution is 2.57. The van der Waals surface area contributed by atoms with Crippen LogP contribution < -0.4 is 5.56 Å². The van der Waals surface area contributed by atoms with Crippen LogP contribution in [0.15, 0.2) is 47.4 Å². The van der Waals surface area contributed by atoms with E-state index in [1.807, 2.05) is 30.3 Å². The Kier molecular flexibility index (Phi) is 6.48. The highest BCUT2D eigenvalue weighted by atomic mass is 16.3. The normalized spacial score (nSPS) is 29.2. The van der Waals surface area contributed by atoms with E-state index in [9.17, 15) is 19.5 Å². The van der Waals surface area contributed by atoms with E-state index in [1.54, 1.807) is 20.3 Å². The van der Waals surface area contributed by atoms with Crippen molar-refractivity contribution in [1.29, 1.82) is 0 Å². The molecule has 2 bridgehead atoms. The standard InChI is InChI=1S/C32H41N3O4/c1-33(2)28(37)26-20-35(27(36)18-25(26)24-8-4-3-5-9-24)22-32(39)16-17-34(21-31(32)12-6-7-13-31)29(38)30-14-10-23(19-30)11-15-30/h3-5,8-9,18,20,23,39H,6-7,10-17,19,21-22H2,1-2H3. The van der Waals surface area contributed by atoms with Crippen LogP contribution in [0.4, 0.5) is 0 Å². The van der Waals surface area contributed by atoms with Gasteiger partial charge in [-0.1, -0.05) is 43.2 Å². The maximum absolute atomic E-state index is 13.8. The van der Waals surface area contributed by atoms with Crippen molar-refractivity contribution in [3.05, 3.63) is 58.5 Å². The van der Waals surface area contributed by atoms with Gasteiger partial charge in [0.25, 0.3) is 11.5 Å². The third-order valence-electron chi connectivity index (χ3n) is 10.6. The summed E-state index contributed by atoms with van der Waals surface area (Å²) >= 11 is 0. The molecule has 1 atom stereocenters. The Labute approximate surface area is 230 Å². The minimum Gasteiger partial charge on any atom is -0.387 e. The summed E-state index contributed by atoms with van der Waals surface area (Å²) in [6.07, 6.45) is 11.2. The fourth-order valence-electron chi connectivity index (χ4n) is 8.35. The molecule has 4 fully saturated rings. The molecule has 1 N–H and O–H groups in total. The molecule has 1 saturated heterocycles. The number of hydrogen-bond donors (Lipinski definition) is 1. The minimum atomic E-state index is -1.12. The molecule has 1 aromatic carbocycles. The van der Waals surface area contributed by atoms with Gasteiger partial charge in [-0.2, -0.15) is 0 Å². The number of fused-ring (bicyclic) bond motifs is 2. The molecule has 3 saturated carbocycles. The molecule has 2 amide bonds. The first-order chi connectivity index (χ1) is 18.7. The number of aromatic nitrogens is 1. The highest BCUT2D eigenvalue weighted by Gasteiger charge is 2.58. The fourth-order valence-corrected chi connectivity index (χ4v) is 8.35. The number of amides is 2. The molecule has 4 aliphatic rings. The van der Waals surface area contributed by atoms with E-state index in [0.29, 0.717) is 42.5 Å². The molecule has 3 aliphatic carbocycles. The summed E-state index contributed by atoms with van der Waals surface area (Å²) in [7, 11) is 3.41. The van der Waals surface area contributed by atoms with Crippen molar-refractivity contribution in [3.63, 3.8) is 0 Å². The van der Waals surface area contributed by atoms with Crippen molar-refractivity contribution in [1.82, 2.24) is 14.4 Å². The van der Waals surface area contributed by atoms with Crippen molar-refractivity contribution in [2.75, 3.05) is 27.2 Å². The molecule has 6 rings (SSSR count). The predicted molar refractivity (Wildman–Crippen MR) is 150 cm³/mol. The SMILES string of the molecule is CN(C)C(=O)c1cn(CC2(O)CCN(C(=O)C34CCC(CC3)C4)CC23CCCC3)c(=O)cc1-c1ccccc1. The Hall–Kier alpha value is -2.93. The average molecular weight is 532 g/mol. The smallest absolute Gasteiger partial charge is 0.255 e. The van der Waals surface area contributed by atoms with Crippen LogP contribution in [0.3, 0.4) is 0 Å². The first-order valence-electron chi connectivity index (χ1n) is 14.7. The summed E-state index contributed by atoms with van der Waals surface area (Å²) in [6.45, 7) is 1.21. The van der Waals surface area contributed by atoms with Crippen molar-refractivity contribution in [2.45, 2.75) is 76.4 Å². The zero-order valence-electron chi connectivity index (χ0n) is 23.3. The minimum absolute atomic E-state index is 0.129. The van der Waals surface area contributed by atoms with Crippen LogP contribution in [-0.4, -0.2) is 64.1 Å². The van der Waals surface area contributed by atoms with E-state index in [-0.39, 0.29) is 23.4 Å². The summed E-state index contributed by atoms with van der Waals surface area (Å²) in [6, 6.07) is 11.0.